The standard InChI is InChI=1S/C21H16F3N5O3/c1-3-12-6-10(2)16-13(4-5-29(16)19(30)31)15(12)20(32,21(22,23)24)18-27-14-7-11(8-25)9-26-17(14)28-18/h4-7,9,32H,3H2,1-2H3,(H,30,31)(H,26,27,28). The number of pyridine rings is 1. The molecule has 0 bridgehead atoms. The van der Waals surface area contributed by atoms with E-state index in [1.54, 1.807) is 13.8 Å². The Morgan fingerprint density at radius 3 is 2.66 bits per heavy atom. The third-order valence-corrected chi connectivity index (χ3v) is 5.41. The van der Waals surface area contributed by atoms with Gasteiger partial charge in [0.15, 0.2) is 11.5 Å². The Bertz CT molecular complexity index is 1430. The highest BCUT2D eigenvalue weighted by molar-refractivity contribution is 5.95. The number of carbonyl (C=O) groups is 1. The second-order valence-corrected chi connectivity index (χ2v) is 7.31. The normalized spacial score (nSPS) is 13.9. The molecule has 32 heavy (non-hydrogen) atoms. The smallest absolute Gasteiger partial charge is 0.428 e. The molecule has 0 saturated heterocycles. The molecule has 4 rings (SSSR count). The van der Waals surface area contributed by atoms with Crippen molar-refractivity contribution in [1.82, 2.24) is 19.5 Å². The number of nitrogens with one attached hydrogen (secondary N) is 1. The number of fused-ring (bicyclic) bond motifs is 2. The third-order valence-electron chi connectivity index (χ3n) is 5.41. The predicted molar refractivity (Wildman–Crippen MR) is 107 cm³/mol. The van der Waals surface area contributed by atoms with Gasteiger partial charge in [0.2, 0.25) is 5.60 Å². The Labute approximate surface area is 178 Å². The molecule has 3 N–H and O–H groups in total. The Morgan fingerprint density at radius 2 is 2.06 bits per heavy atom. The summed E-state index contributed by atoms with van der Waals surface area (Å²) >= 11 is 0. The van der Waals surface area contributed by atoms with Crippen molar-refractivity contribution in [2.75, 3.05) is 0 Å². The van der Waals surface area contributed by atoms with Crippen molar-refractivity contribution < 1.29 is 28.2 Å². The van der Waals surface area contributed by atoms with E-state index in [0.717, 1.165) is 10.8 Å². The summed E-state index contributed by atoms with van der Waals surface area (Å²) in [4.78, 5) is 21.9. The lowest BCUT2D eigenvalue weighted by Crippen LogP contribution is -2.45. The number of hydrogen-bond donors (Lipinski definition) is 3. The van der Waals surface area contributed by atoms with E-state index in [-0.39, 0.29) is 39.6 Å². The number of nitriles is 1. The van der Waals surface area contributed by atoms with Gasteiger partial charge in [-0.1, -0.05) is 13.0 Å². The van der Waals surface area contributed by atoms with E-state index in [4.69, 9.17) is 5.26 Å². The summed E-state index contributed by atoms with van der Waals surface area (Å²) in [5, 5.41) is 29.7. The number of H-pyrrole nitrogens is 1. The molecule has 3 aromatic heterocycles. The lowest BCUT2D eigenvalue weighted by atomic mass is 9.83. The molecular weight excluding hydrogens is 427 g/mol. The van der Waals surface area contributed by atoms with E-state index < -0.39 is 29.3 Å². The van der Waals surface area contributed by atoms with Gasteiger partial charge in [-0.25, -0.2) is 14.8 Å². The largest absolute Gasteiger partial charge is 0.464 e. The van der Waals surface area contributed by atoms with Gasteiger partial charge in [0.1, 0.15) is 11.6 Å². The summed E-state index contributed by atoms with van der Waals surface area (Å²) in [6.45, 7) is 3.22. The topological polar surface area (TPSA) is 128 Å². The summed E-state index contributed by atoms with van der Waals surface area (Å²) in [5.74, 6) is -0.828. The van der Waals surface area contributed by atoms with Gasteiger partial charge in [0.25, 0.3) is 0 Å². The van der Waals surface area contributed by atoms with Crippen molar-refractivity contribution in [1.29, 1.82) is 5.26 Å². The monoisotopic (exact) mass is 443 g/mol. The summed E-state index contributed by atoms with van der Waals surface area (Å²) in [7, 11) is 0. The van der Waals surface area contributed by atoms with Crippen molar-refractivity contribution in [2.45, 2.75) is 32.0 Å². The minimum absolute atomic E-state index is 0.0220. The molecule has 11 heteroatoms. The maximum Gasteiger partial charge on any atom is 0.428 e. The maximum atomic E-state index is 14.6. The van der Waals surface area contributed by atoms with E-state index >= 15 is 0 Å². The molecule has 0 aliphatic heterocycles. The van der Waals surface area contributed by atoms with Crippen LogP contribution in [0.5, 0.6) is 0 Å². The SMILES string of the molecule is CCc1cc(C)c2c(ccn2C(=O)O)c1C(O)(c1nc2cc(C#N)cnc2[nH]1)C(F)(F)F. The highest BCUT2D eigenvalue weighted by Gasteiger charge is 2.60. The number of aromatic amines is 1. The van der Waals surface area contributed by atoms with Crippen molar-refractivity contribution in [2.24, 2.45) is 0 Å². The van der Waals surface area contributed by atoms with Crippen molar-refractivity contribution in [3.63, 3.8) is 0 Å². The van der Waals surface area contributed by atoms with Crippen LogP contribution in [0.3, 0.4) is 0 Å². The minimum Gasteiger partial charge on any atom is -0.464 e. The number of alkyl halides is 3. The molecule has 0 aliphatic carbocycles. The number of benzene rings is 1. The molecule has 8 nitrogen and oxygen atoms in total. The van der Waals surface area contributed by atoms with E-state index in [1.165, 1.54) is 24.4 Å². The van der Waals surface area contributed by atoms with Crippen LogP contribution in [0.2, 0.25) is 0 Å². The Balaban J connectivity index is 2.13. The van der Waals surface area contributed by atoms with Crippen LogP contribution in [-0.2, 0) is 12.0 Å². The van der Waals surface area contributed by atoms with E-state index in [1.807, 2.05) is 6.07 Å². The Kier molecular flexibility index (Phi) is 4.71. The number of aliphatic hydroxyl groups is 1. The number of hydrogen-bond acceptors (Lipinski definition) is 5. The molecule has 0 aliphatic rings. The predicted octanol–water partition coefficient (Wildman–Crippen LogP) is 3.98. The Morgan fingerprint density at radius 1 is 1.34 bits per heavy atom. The molecule has 1 atom stereocenters. The van der Waals surface area contributed by atoms with Gasteiger partial charge in [-0.3, -0.25) is 4.57 Å². The molecule has 4 aromatic rings. The van der Waals surface area contributed by atoms with Gasteiger partial charge in [0, 0.05) is 23.3 Å². The lowest BCUT2D eigenvalue weighted by molar-refractivity contribution is -0.250. The molecule has 0 radical (unpaired) electrons. The zero-order chi connectivity index (χ0) is 23.4. The van der Waals surface area contributed by atoms with Crippen LogP contribution < -0.4 is 0 Å². The van der Waals surface area contributed by atoms with Crippen LogP contribution in [-0.4, -0.2) is 42.0 Å². The number of aryl methyl sites for hydroxylation is 2. The van der Waals surface area contributed by atoms with Crippen LogP contribution in [0.25, 0.3) is 22.1 Å². The average Bonchev–Trinajstić information content (AvgIpc) is 3.36. The van der Waals surface area contributed by atoms with Gasteiger partial charge < -0.3 is 15.2 Å². The number of nitrogens with zero attached hydrogens (tertiary/aromatic N) is 4. The second-order valence-electron chi connectivity index (χ2n) is 7.31. The fraction of sp³-hybridized carbons (Fsp3) is 0.238. The number of halogens is 3. The fourth-order valence-electron chi connectivity index (χ4n) is 4.00. The molecular formula is C21H16F3N5O3. The summed E-state index contributed by atoms with van der Waals surface area (Å²) in [5.41, 5.74) is -3.40. The molecule has 0 spiro atoms. The molecule has 0 amide bonds. The van der Waals surface area contributed by atoms with Gasteiger partial charge in [-0.05, 0) is 36.6 Å². The first-order chi connectivity index (χ1) is 15.0. The van der Waals surface area contributed by atoms with Crippen LogP contribution in [0.15, 0.2) is 30.6 Å². The van der Waals surface area contributed by atoms with Crippen LogP contribution >= 0.6 is 0 Å². The van der Waals surface area contributed by atoms with Crippen molar-refractivity contribution >= 4 is 28.2 Å². The summed E-state index contributed by atoms with van der Waals surface area (Å²) in [6, 6.07) is 5.75. The fourth-order valence-corrected chi connectivity index (χ4v) is 4.00. The number of rotatable bonds is 3. The minimum atomic E-state index is -5.23. The zero-order valence-electron chi connectivity index (χ0n) is 16.8. The first-order valence-electron chi connectivity index (χ1n) is 9.45. The third kappa shape index (κ3) is 2.91. The highest BCUT2D eigenvalue weighted by atomic mass is 19.4. The van der Waals surface area contributed by atoms with Crippen molar-refractivity contribution in [3.05, 3.63) is 58.7 Å². The molecule has 1 aromatic carbocycles. The van der Waals surface area contributed by atoms with Crippen LogP contribution in [0.4, 0.5) is 18.0 Å². The Hall–Kier alpha value is -3.91. The first kappa shape index (κ1) is 21.3. The van der Waals surface area contributed by atoms with Crippen LogP contribution in [0.1, 0.15) is 35.0 Å². The highest BCUT2D eigenvalue weighted by Crippen LogP contribution is 2.48. The zero-order valence-corrected chi connectivity index (χ0v) is 16.8. The summed E-state index contributed by atoms with van der Waals surface area (Å²) in [6.07, 6.45) is -4.15. The quantitative estimate of drug-likeness (QED) is 0.439. The molecule has 1 unspecified atom stereocenters. The van der Waals surface area contributed by atoms with Gasteiger partial charge in [0.05, 0.1) is 11.1 Å². The van der Waals surface area contributed by atoms with Gasteiger partial charge in [-0.15, -0.1) is 0 Å². The van der Waals surface area contributed by atoms with E-state index in [9.17, 15) is 28.2 Å². The number of imidazole rings is 1. The lowest BCUT2D eigenvalue weighted by Gasteiger charge is -2.31. The first-order valence-corrected chi connectivity index (χ1v) is 9.45. The van der Waals surface area contributed by atoms with E-state index in [0.29, 0.717) is 5.56 Å². The molecule has 164 valence electrons. The van der Waals surface area contributed by atoms with Crippen LogP contribution in [0, 0.1) is 18.3 Å². The second kappa shape index (κ2) is 7.06. The number of carboxylic acid groups (broad SMARTS) is 1. The molecule has 0 saturated carbocycles. The van der Waals surface area contributed by atoms with Gasteiger partial charge >= 0.3 is 12.3 Å². The average molecular weight is 443 g/mol. The summed E-state index contributed by atoms with van der Waals surface area (Å²) < 4.78 is 44.5. The maximum absolute atomic E-state index is 14.6. The molecule has 3 heterocycles. The molecule has 0 fully saturated rings. The number of aromatic nitrogens is 4. The van der Waals surface area contributed by atoms with Crippen molar-refractivity contribution in [3.8, 4) is 6.07 Å². The van der Waals surface area contributed by atoms with E-state index in [2.05, 4.69) is 15.0 Å². The van der Waals surface area contributed by atoms with Gasteiger partial charge in [-0.2, -0.15) is 18.4 Å².